The Balaban J connectivity index is 1.90. The molecule has 0 unspecified atom stereocenters. The average Bonchev–Trinajstić information content (AvgIpc) is 3.06. The van der Waals surface area contributed by atoms with Crippen LogP contribution in [0.15, 0.2) is 23.0 Å². The third kappa shape index (κ3) is 2.25. The lowest BCUT2D eigenvalue weighted by Crippen LogP contribution is -2.20. The van der Waals surface area contributed by atoms with E-state index in [1.165, 1.54) is 21.6 Å². The number of aryl methyl sites for hydroxylation is 4. The SMILES string of the molecule is Cc1ccc(/C=C2/CCn3c2nc2sc(C)c(C)c2c3=O)cc1C. The normalized spacial score (nSPS) is 15.4. The van der Waals surface area contributed by atoms with Gasteiger partial charge in [0.2, 0.25) is 0 Å². The molecule has 0 saturated carbocycles. The minimum absolute atomic E-state index is 0.111. The van der Waals surface area contributed by atoms with Gasteiger partial charge >= 0.3 is 0 Å². The summed E-state index contributed by atoms with van der Waals surface area (Å²) < 4.78 is 1.84. The fourth-order valence-electron chi connectivity index (χ4n) is 3.32. The number of aromatic nitrogens is 2. The van der Waals surface area contributed by atoms with Crippen LogP contribution < -0.4 is 5.56 Å². The maximum absolute atomic E-state index is 12.9. The molecule has 0 radical (unpaired) electrons. The van der Waals surface area contributed by atoms with Crippen molar-refractivity contribution in [2.45, 2.75) is 40.7 Å². The summed E-state index contributed by atoms with van der Waals surface area (Å²) in [5.41, 5.74) is 6.10. The quantitative estimate of drug-likeness (QED) is 0.649. The predicted octanol–water partition coefficient (Wildman–Crippen LogP) is 4.64. The first-order valence-corrected chi connectivity index (χ1v) is 9.06. The van der Waals surface area contributed by atoms with Crippen LogP contribution in [0.25, 0.3) is 21.9 Å². The van der Waals surface area contributed by atoms with E-state index in [9.17, 15) is 4.79 Å². The van der Waals surface area contributed by atoms with Crippen molar-refractivity contribution >= 4 is 33.2 Å². The number of hydrogen-bond acceptors (Lipinski definition) is 3. The standard InChI is InChI=1S/C20H20N2OS/c1-11-5-6-15(9-12(11)2)10-16-7-8-22-18(16)21-19-17(20(22)23)13(3)14(4)24-19/h5-6,9-10H,7-8H2,1-4H3/b16-10-. The van der Waals surface area contributed by atoms with Crippen molar-refractivity contribution in [3.8, 4) is 0 Å². The summed E-state index contributed by atoms with van der Waals surface area (Å²) in [6.45, 7) is 9.05. The smallest absolute Gasteiger partial charge is 0.262 e. The topological polar surface area (TPSA) is 34.9 Å². The highest BCUT2D eigenvalue weighted by molar-refractivity contribution is 7.18. The van der Waals surface area contributed by atoms with E-state index in [0.29, 0.717) is 0 Å². The fourth-order valence-corrected chi connectivity index (χ4v) is 4.34. The second-order valence-corrected chi connectivity index (χ2v) is 7.82. The summed E-state index contributed by atoms with van der Waals surface area (Å²) in [6, 6.07) is 6.47. The number of nitrogens with zero attached hydrogens (tertiary/aromatic N) is 2. The van der Waals surface area contributed by atoms with Gasteiger partial charge in [-0.3, -0.25) is 9.36 Å². The van der Waals surface area contributed by atoms with Crippen molar-refractivity contribution < 1.29 is 0 Å². The van der Waals surface area contributed by atoms with Crippen LogP contribution in [-0.4, -0.2) is 9.55 Å². The second-order valence-electron chi connectivity index (χ2n) is 6.62. The summed E-state index contributed by atoms with van der Waals surface area (Å²) in [5.74, 6) is 0.840. The zero-order valence-electron chi connectivity index (χ0n) is 14.4. The average molecular weight is 336 g/mol. The third-order valence-electron chi connectivity index (χ3n) is 5.05. The minimum Gasteiger partial charge on any atom is -0.292 e. The van der Waals surface area contributed by atoms with Gasteiger partial charge in [0.25, 0.3) is 5.56 Å². The van der Waals surface area contributed by atoms with Crippen molar-refractivity contribution in [1.82, 2.24) is 9.55 Å². The van der Waals surface area contributed by atoms with Gasteiger partial charge in [-0.15, -0.1) is 11.3 Å². The molecule has 0 N–H and O–H groups in total. The molecule has 1 aliphatic heterocycles. The maximum atomic E-state index is 12.9. The van der Waals surface area contributed by atoms with E-state index in [0.717, 1.165) is 40.1 Å². The molecule has 4 rings (SSSR count). The van der Waals surface area contributed by atoms with E-state index in [4.69, 9.17) is 4.98 Å². The zero-order valence-corrected chi connectivity index (χ0v) is 15.3. The molecule has 0 atom stereocenters. The summed E-state index contributed by atoms with van der Waals surface area (Å²) in [6.07, 6.45) is 3.04. The lowest BCUT2D eigenvalue weighted by atomic mass is 10.0. The first-order chi connectivity index (χ1) is 11.5. The number of benzene rings is 1. The second kappa shape index (κ2) is 5.42. The Kier molecular flexibility index (Phi) is 3.46. The number of hydrogen-bond donors (Lipinski definition) is 0. The van der Waals surface area contributed by atoms with Gasteiger partial charge in [-0.1, -0.05) is 18.2 Å². The molecular formula is C20H20N2OS. The molecule has 4 heteroatoms. The Morgan fingerprint density at radius 1 is 1.17 bits per heavy atom. The lowest BCUT2D eigenvalue weighted by Gasteiger charge is -2.05. The molecule has 3 nitrogen and oxygen atoms in total. The molecule has 0 bridgehead atoms. The van der Waals surface area contributed by atoms with Gasteiger partial charge in [0, 0.05) is 11.4 Å². The highest BCUT2D eigenvalue weighted by Crippen LogP contribution is 2.32. The summed E-state index contributed by atoms with van der Waals surface area (Å²) in [7, 11) is 0. The summed E-state index contributed by atoms with van der Waals surface area (Å²) >= 11 is 1.62. The molecule has 3 heterocycles. The van der Waals surface area contributed by atoms with Gasteiger partial charge in [-0.05, 0) is 68.0 Å². The van der Waals surface area contributed by atoms with E-state index in [-0.39, 0.29) is 5.56 Å². The first-order valence-electron chi connectivity index (χ1n) is 8.24. The molecule has 0 aliphatic carbocycles. The fraction of sp³-hybridized carbons (Fsp3) is 0.300. The summed E-state index contributed by atoms with van der Waals surface area (Å²) in [4.78, 5) is 19.7. The lowest BCUT2D eigenvalue weighted by molar-refractivity contribution is 0.726. The van der Waals surface area contributed by atoms with E-state index in [1.54, 1.807) is 11.3 Å². The van der Waals surface area contributed by atoms with Crippen LogP contribution in [0.5, 0.6) is 0 Å². The van der Waals surface area contributed by atoms with Gasteiger partial charge in [0.15, 0.2) is 0 Å². The maximum Gasteiger partial charge on any atom is 0.262 e. The van der Waals surface area contributed by atoms with Crippen molar-refractivity contribution in [3.63, 3.8) is 0 Å². The molecule has 1 aromatic carbocycles. The van der Waals surface area contributed by atoms with Gasteiger partial charge in [0.1, 0.15) is 10.7 Å². The molecule has 2 aromatic heterocycles. The Morgan fingerprint density at radius 2 is 1.96 bits per heavy atom. The van der Waals surface area contributed by atoms with Gasteiger partial charge in [-0.25, -0.2) is 4.98 Å². The number of allylic oxidation sites excluding steroid dienone is 1. The van der Waals surface area contributed by atoms with Crippen molar-refractivity contribution in [2.24, 2.45) is 0 Å². The number of thiophene rings is 1. The number of rotatable bonds is 1. The molecule has 0 spiro atoms. The van der Waals surface area contributed by atoms with Crippen LogP contribution >= 0.6 is 11.3 Å². The molecule has 1 aliphatic rings. The Morgan fingerprint density at radius 3 is 2.71 bits per heavy atom. The van der Waals surface area contributed by atoms with Crippen LogP contribution in [0.3, 0.4) is 0 Å². The van der Waals surface area contributed by atoms with Crippen LogP contribution in [0.1, 0.15) is 39.4 Å². The van der Waals surface area contributed by atoms with Gasteiger partial charge < -0.3 is 0 Å². The molecule has 24 heavy (non-hydrogen) atoms. The van der Waals surface area contributed by atoms with E-state index in [1.807, 2.05) is 11.5 Å². The van der Waals surface area contributed by atoms with Crippen LogP contribution in [-0.2, 0) is 6.54 Å². The van der Waals surface area contributed by atoms with E-state index in [2.05, 4.69) is 45.0 Å². The van der Waals surface area contributed by atoms with Crippen molar-refractivity contribution in [3.05, 3.63) is 61.5 Å². The molecule has 0 amide bonds. The highest BCUT2D eigenvalue weighted by atomic mass is 32.1. The number of fused-ring (bicyclic) bond motifs is 2. The summed E-state index contributed by atoms with van der Waals surface area (Å²) in [5, 5.41) is 0.800. The van der Waals surface area contributed by atoms with E-state index >= 15 is 0 Å². The van der Waals surface area contributed by atoms with Crippen LogP contribution in [0.4, 0.5) is 0 Å². The molecule has 3 aromatic rings. The van der Waals surface area contributed by atoms with Crippen molar-refractivity contribution in [2.75, 3.05) is 0 Å². The van der Waals surface area contributed by atoms with Crippen molar-refractivity contribution in [1.29, 1.82) is 0 Å². The molecule has 0 saturated heterocycles. The zero-order chi connectivity index (χ0) is 17.0. The Bertz CT molecular complexity index is 1070. The Labute approximate surface area is 145 Å². The largest absolute Gasteiger partial charge is 0.292 e. The minimum atomic E-state index is 0.111. The monoisotopic (exact) mass is 336 g/mol. The van der Waals surface area contributed by atoms with Crippen LogP contribution in [0, 0.1) is 27.7 Å². The Hall–Kier alpha value is -2.20. The highest BCUT2D eigenvalue weighted by Gasteiger charge is 2.23. The molecular weight excluding hydrogens is 316 g/mol. The van der Waals surface area contributed by atoms with Gasteiger partial charge in [-0.2, -0.15) is 0 Å². The van der Waals surface area contributed by atoms with Gasteiger partial charge in [0.05, 0.1) is 5.39 Å². The molecule has 122 valence electrons. The van der Waals surface area contributed by atoms with Crippen LogP contribution in [0.2, 0.25) is 0 Å². The predicted molar refractivity (Wildman–Crippen MR) is 102 cm³/mol. The molecule has 0 fully saturated rings. The first kappa shape index (κ1) is 15.3. The van der Waals surface area contributed by atoms with E-state index < -0.39 is 0 Å². The third-order valence-corrected chi connectivity index (χ3v) is 6.15.